The maximum absolute atomic E-state index is 11.5. The lowest BCUT2D eigenvalue weighted by molar-refractivity contribution is -0.141. The smallest absolute Gasteiger partial charge is 0.315 e. The average Bonchev–Trinajstić information content (AvgIpc) is 2.84. The Balaban J connectivity index is 2.29. The first kappa shape index (κ1) is 15.5. The van der Waals surface area contributed by atoms with Crippen molar-refractivity contribution in [3.05, 3.63) is 21.9 Å². The van der Waals surface area contributed by atoms with Crippen molar-refractivity contribution in [1.29, 1.82) is 0 Å². The van der Waals surface area contributed by atoms with Crippen molar-refractivity contribution in [1.82, 2.24) is 10.6 Å². The predicted molar refractivity (Wildman–Crippen MR) is 75.4 cm³/mol. The first-order valence-electron chi connectivity index (χ1n) is 6.38. The Morgan fingerprint density at radius 2 is 1.95 bits per heavy atom. The fourth-order valence-corrected chi connectivity index (χ4v) is 2.46. The molecule has 5 nitrogen and oxygen atoms in total. The van der Waals surface area contributed by atoms with Crippen LogP contribution in [0.3, 0.4) is 0 Å². The summed E-state index contributed by atoms with van der Waals surface area (Å²) in [5, 5.41) is 14.2. The second-order valence-corrected chi connectivity index (χ2v) is 5.48. The van der Waals surface area contributed by atoms with Gasteiger partial charge in [-0.3, -0.25) is 4.79 Å². The summed E-state index contributed by atoms with van der Waals surface area (Å²) in [6, 6.07) is 3.72. The van der Waals surface area contributed by atoms with E-state index in [9.17, 15) is 9.59 Å². The molecule has 0 aromatic carbocycles. The van der Waals surface area contributed by atoms with Crippen LogP contribution in [0.4, 0.5) is 4.79 Å². The molecule has 0 saturated carbocycles. The van der Waals surface area contributed by atoms with Crippen molar-refractivity contribution >= 4 is 23.3 Å². The number of aryl methyl sites for hydroxylation is 1. The van der Waals surface area contributed by atoms with Gasteiger partial charge in [-0.2, -0.15) is 0 Å². The number of thiophene rings is 1. The van der Waals surface area contributed by atoms with Crippen LogP contribution in [0.15, 0.2) is 12.1 Å². The number of hydrogen-bond donors (Lipinski definition) is 3. The van der Waals surface area contributed by atoms with Crippen molar-refractivity contribution < 1.29 is 14.7 Å². The van der Waals surface area contributed by atoms with Gasteiger partial charge in [0, 0.05) is 16.3 Å². The van der Waals surface area contributed by atoms with Crippen molar-refractivity contribution in [2.24, 2.45) is 5.92 Å². The molecular formula is C13H20N2O3S. The van der Waals surface area contributed by atoms with E-state index in [-0.39, 0.29) is 12.6 Å². The zero-order valence-corrected chi connectivity index (χ0v) is 12.0. The summed E-state index contributed by atoms with van der Waals surface area (Å²) in [6.07, 6.45) is 1.49. The molecule has 0 bridgehead atoms. The minimum Gasteiger partial charge on any atom is -0.481 e. The van der Waals surface area contributed by atoms with E-state index in [1.165, 1.54) is 4.88 Å². The first-order valence-corrected chi connectivity index (χ1v) is 7.20. The molecule has 0 radical (unpaired) electrons. The predicted octanol–water partition coefficient (Wildman–Crippen LogP) is 2.22. The van der Waals surface area contributed by atoms with Crippen LogP contribution in [-0.2, 0) is 17.8 Å². The summed E-state index contributed by atoms with van der Waals surface area (Å²) in [5.41, 5.74) is 0. The Hall–Kier alpha value is -1.56. The lowest BCUT2D eigenvalue weighted by Crippen LogP contribution is -2.39. The molecule has 19 heavy (non-hydrogen) atoms. The van der Waals surface area contributed by atoms with Gasteiger partial charge < -0.3 is 15.7 Å². The summed E-state index contributed by atoms with van der Waals surface area (Å²) >= 11 is 1.67. The van der Waals surface area contributed by atoms with Crippen LogP contribution in [0.1, 0.15) is 30.0 Å². The van der Waals surface area contributed by atoms with Gasteiger partial charge in [-0.25, -0.2) is 4.79 Å². The maximum Gasteiger partial charge on any atom is 0.315 e. The topological polar surface area (TPSA) is 78.4 Å². The Kier molecular flexibility index (Phi) is 6.35. The van der Waals surface area contributed by atoms with E-state index >= 15 is 0 Å². The SMILES string of the molecule is CCc1ccc(CNC(=O)NCC(CC)C(=O)O)s1. The highest BCUT2D eigenvalue weighted by Crippen LogP contribution is 2.16. The third-order valence-electron chi connectivity index (χ3n) is 2.84. The normalized spacial score (nSPS) is 11.9. The molecule has 106 valence electrons. The van der Waals surface area contributed by atoms with Crippen LogP contribution in [-0.4, -0.2) is 23.7 Å². The third-order valence-corrected chi connectivity index (χ3v) is 4.07. The highest BCUT2D eigenvalue weighted by molar-refractivity contribution is 7.11. The van der Waals surface area contributed by atoms with E-state index < -0.39 is 11.9 Å². The second-order valence-electron chi connectivity index (χ2n) is 4.23. The monoisotopic (exact) mass is 284 g/mol. The highest BCUT2D eigenvalue weighted by atomic mass is 32.1. The first-order chi connectivity index (χ1) is 9.06. The highest BCUT2D eigenvalue weighted by Gasteiger charge is 2.15. The third kappa shape index (κ3) is 5.30. The molecule has 0 aliphatic rings. The molecule has 6 heteroatoms. The Morgan fingerprint density at radius 3 is 2.47 bits per heavy atom. The fraction of sp³-hybridized carbons (Fsp3) is 0.538. The molecule has 2 amide bonds. The number of carboxylic acids is 1. The van der Waals surface area contributed by atoms with Gasteiger partial charge in [0.1, 0.15) is 0 Å². The van der Waals surface area contributed by atoms with Gasteiger partial charge in [-0.15, -0.1) is 11.3 Å². The van der Waals surface area contributed by atoms with Gasteiger partial charge in [0.15, 0.2) is 0 Å². The van der Waals surface area contributed by atoms with Crippen molar-refractivity contribution in [2.75, 3.05) is 6.54 Å². The van der Waals surface area contributed by atoms with Crippen molar-refractivity contribution in [3.63, 3.8) is 0 Å². The lowest BCUT2D eigenvalue weighted by Gasteiger charge is -2.11. The quantitative estimate of drug-likeness (QED) is 0.718. The molecule has 0 aliphatic carbocycles. The zero-order valence-electron chi connectivity index (χ0n) is 11.2. The molecule has 1 aromatic heterocycles. The lowest BCUT2D eigenvalue weighted by atomic mass is 10.1. The number of amides is 2. The molecule has 1 aromatic rings. The van der Waals surface area contributed by atoms with Crippen LogP contribution in [0.2, 0.25) is 0 Å². The van der Waals surface area contributed by atoms with E-state index in [1.54, 1.807) is 18.3 Å². The Bertz CT molecular complexity index is 431. The molecule has 0 aliphatic heterocycles. The molecule has 1 atom stereocenters. The number of aliphatic carboxylic acids is 1. The number of rotatable bonds is 7. The standard InChI is InChI=1S/C13H20N2O3S/c1-3-9(12(16)17)7-14-13(18)15-8-11-6-5-10(4-2)19-11/h5-6,9H,3-4,7-8H2,1-2H3,(H,16,17)(H2,14,15,18). The number of nitrogens with one attached hydrogen (secondary N) is 2. The number of carbonyl (C=O) groups is 2. The summed E-state index contributed by atoms with van der Waals surface area (Å²) in [7, 11) is 0. The average molecular weight is 284 g/mol. The van der Waals surface area contributed by atoms with Gasteiger partial charge in [0.05, 0.1) is 12.5 Å². The molecule has 1 rings (SSSR count). The van der Waals surface area contributed by atoms with Gasteiger partial charge in [-0.1, -0.05) is 13.8 Å². The molecule has 1 unspecified atom stereocenters. The minimum atomic E-state index is -0.881. The number of carboxylic acid groups (broad SMARTS) is 1. The van der Waals surface area contributed by atoms with E-state index in [2.05, 4.69) is 23.6 Å². The molecule has 3 N–H and O–H groups in total. The number of hydrogen-bond acceptors (Lipinski definition) is 3. The molecule has 1 heterocycles. The van der Waals surface area contributed by atoms with E-state index in [0.29, 0.717) is 13.0 Å². The van der Waals surface area contributed by atoms with Crippen LogP contribution < -0.4 is 10.6 Å². The number of urea groups is 1. The zero-order chi connectivity index (χ0) is 14.3. The molecule has 0 spiro atoms. The maximum atomic E-state index is 11.5. The van der Waals surface area contributed by atoms with Gasteiger partial charge >= 0.3 is 12.0 Å². The van der Waals surface area contributed by atoms with Gasteiger partial charge in [0.25, 0.3) is 0 Å². The van der Waals surface area contributed by atoms with E-state index in [1.807, 2.05) is 6.07 Å². The molecule has 0 fully saturated rings. The number of carbonyl (C=O) groups excluding carboxylic acids is 1. The Labute approximate surface area is 117 Å². The van der Waals surface area contributed by atoms with Crippen LogP contribution >= 0.6 is 11.3 Å². The van der Waals surface area contributed by atoms with E-state index in [4.69, 9.17) is 5.11 Å². The minimum absolute atomic E-state index is 0.155. The van der Waals surface area contributed by atoms with Gasteiger partial charge in [0.2, 0.25) is 0 Å². The second kappa shape index (κ2) is 7.78. The molecule has 0 saturated heterocycles. The van der Waals surface area contributed by atoms with Crippen molar-refractivity contribution in [2.45, 2.75) is 33.2 Å². The van der Waals surface area contributed by atoms with Crippen LogP contribution in [0.5, 0.6) is 0 Å². The summed E-state index contributed by atoms with van der Waals surface area (Å²) in [6.45, 7) is 4.51. The van der Waals surface area contributed by atoms with Crippen LogP contribution in [0, 0.1) is 5.92 Å². The van der Waals surface area contributed by atoms with Crippen molar-refractivity contribution in [3.8, 4) is 0 Å². The van der Waals surface area contributed by atoms with E-state index in [0.717, 1.165) is 11.3 Å². The Morgan fingerprint density at radius 1 is 1.26 bits per heavy atom. The van der Waals surface area contributed by atoms with Crippen LogP contribution in [0.25, 0.3) is 0 Å². The largest absolute Gasteiger partial charge is 0.481 e. The summed E-state index contributed by atoms with van der Waals surface area (Å²) in [5.74, 6) is -1.41. The summed E-state index contributed by atoms with van der Waals surface area (Å²) in [4.78, 5) is 24.7. The summed E-state index contributed by atoms with van der Waals surface area (Å²) < 4.78 is 0. The van der Waals surface area contributed by atoms with Gasteiger partial charge in [-0.05, 0) is 25.0 Å². The molecular weight excluding hydrogens is 264 g/mol. The fourth-order valence-electron chi connectivity index (χ4n) is 1.56.